The number of benzene rings is 1. The molecular formula is C15H18BrClFNO. The first-order valence-corrected chi connectivity index (χ1v) is 7.97. The van der Waals surface area contributed by atoms with E-state index in [0.29, 0.717) is 10.4 Å². The summed E-state index contributed by atoms with van der Waals surface area (Å²) in [5.41, 5.74) is 5.27. The lowest BCUT2D eigenvalue weighted by molar-refractivity contribution is 0.0691. The van der Waals surface area contributed by atoms with Gasteiger partial charge in [-0.25, -0.2) is 4.39 Å². The van der Waals surface area contributed by atoms with Gasteiger partial charge in [0, 0.05) is 16.4 Å². The first-order chi connectivity index (χ1) is 9.41. The van der Waals surface area contributed by atoms with Crippen LogP contribution in [-0.2, 0) is 0 Å². The molecule has 0 atom stereocenters. The minimum Gasteiger partial charge on any atom is -0.329 e. The third-order valence-electron chi connectivity index (χ3n) is 4.38. The summed E-state index contributed by atoms with van der Waals surface area (Å²) in [4.78, 5) is 12.7. The molecule has 0 aromatic heterocycles. The molecule has 0 unspecified atom stereocenters. The maximum atomic E-state index is 14.2. The number of nitrogens with two attached hydrogens (primary N) is 1. The molecule has 0 bridgehead atoms. The molecule has 0 heterocycles. The minimum atomic E-state index is -0.655. The van der Waals surface area contributed by atoms with Crippen molar-refractivity contribution in [1.29, 1.82) is 0 Å². The average Bonchev–Trinajstić information content (AvgIpc) is 2.46. The van der Waals surface area contributed by atoms with Gasteiger partial charge in [0.1, 0.15) is 0 Å². The summed E-state index contributed by atoms with van der Waals surface area (Å²) in [7, 11) is 0. The van der Waals surface area contributed by atoms with Gasteiger partial charge in [0.05, 0.1) is 10.6 Å². The van der Waals surface area contributed by atoms with Gasteiger partial charge in [-0.05, 0) is 59.7 Å². The van der Waals surface area contributed by atoms with E-state index in [1.807, 2.05) is 0 Å². The molecule has 1 fully saturated rings. The molecule has 110 valence electrons. The molecule has 0 saturated heterocycles. The second-order valence-corrected chi connectivity index (χ2v) is 6.95. The number of rotatable bonds is 3. The third-order valence-corrected chi connectivity index (χ3v) is 5.64. The van der Waals surface area contributed by atoms with Crippen molar-refractivity contribution in [2.24, 2.45) is 17.1 Å². The summed E-state index contributed by atoms with van der Waals surface area (Å²) in [6.45, 7) is 2.42. The molecule has 0 aliphatic heterocycles. The number of Topliss-reactive ketones (excluding diaryl/α,β-unsaturated/α-hetero) is 1. The van der Waals surface area contributed by atoms with Crippen LogP contribution in [0.5, 0.6) is 0 Å². The molecule has 2 N–H and O–H groups in total. The Kier molecular flexibility index (Phi) is 4.88. The summed E-state index contributed by atoms with van der Waals surface area (Å²) in [5, 5.41) is -0.0489. The first-order valence-electron chi connectivity index (χ1n) is 6.79. The Labute approximate surface area is 132 Å². The van der Waals surface area contributed by atoms with E-state index in [1.165, 1.54) is 6.07 Å². The Balaban J connectivity index is 2.37. The normalized spacial score (nSPS) is 26.6. The van der Waals surface area contributed by atoms with Crippen LogP contribution in [0.15, 0.2) is 16.6 Å². The fourth-order valence-corrected chi connectivity index (χ4v) is 3.30. The largest absolute Gasteiger partial charge is 0.329 e. The van der Waals surface area contributed by atoms with Crippen LogP contribution in [0.4, 0.5) is 4.39 Å². The second-order valence-electron chi connectivity index (χ2n) is 5.72. The van der Waals surface area contributed by atoms with E-state index in [4.69, 9.17) is 17.3 Å². The number of carbonyl (C=O) groups excluding carboxylic acids is 1. The third kappa shape index (κ3) is 2.78. The molecule has 1 aromatic rings. The summed E-state index contributed by atoms with van der Waals surface area (Å²) >= 11 is 9.03. The predicted octanol–water partition coefficient (Wildman–Crippen LogP) is 4.58. The molecule has 5 heteroatoms. The van der Waals surface area contributed by atoms with Crippen LogP contribution in [-0.4, -0.2) is 12.3 Å². The van der Waals surface area contributed by atoms with Crippen molar-refractivity contribution in [3.8, 4) is 0 Å². The molecule has 0 spiro atoms. The van der Waals surface area contributed by atoms with Crippen LogP contribution in [0, 0.1) is 17.2 Å². The van der Waals surface area contributed by atoms with Crippen LogP contribution in [0.1, 0.15) is 43.0 Å². The van der Waals surface area contributed by atoms with Gasteiger partial charge < -0.3 is 5.73 Å². The molecular weight excluding hydrogens is 345 g/mol. The summed E-state index contributed by atoms with van der Waals surface area (Å²) in [6.07, 6.45) is 3.34. The lowest BCUT2D eigenvalue weighted by atomic mass is 9.67. The zero-order valence-corrected chi connectivity index (χ0v) is 13.7. The maximum Gasteiger partial charge on any atom is 0.173 e. The van der Waals surface area contributed by atoms with Crippen LogP contribution < -0.4 is 5.73 Å². The molecule has 1 aromatic carbocycles. The van der Waals surface area contributed by atoms with Crippen LogP contribution in [0.25, 0.3) is 0 Å². The second kappa shape index (κ2) is 6.12. The van der Waals surface area contributed by atoms with Gasteiger partial charge in [-0.1, -0.05) is 18.5 Å². The molecule has 20 heavy (non-hydrogen) atoms. The predicted molar refractivity (Wildman–Crippen MR) is 82.6 cm³/mol. The van der Waals surface area contributed by atoms with E-state index in [-0.39, 0.29) is 22.9 Å². The van der Waals surface area contributed by atoms with Gasteiger partial charge >= 0.3 is 0 Å². The molecule has 1 aliphatic rings. The van der Waals surface area contributed by atoms with Crippen LogP contribution in [0.2, 0.25) is 5.02 Å². The van der Waals surface area contributed by atoms with Gasteiger partial charge in [0.15, 0.2) is 11.6 Å². The summed E-state index contributed by atoms with van der Waals surface area (Å²) in [5.74, 6) is -0.267. The van der Waals surface area contributed by atoms with Crippen molar-refractivity contribution in [2.75, 3.05) is 6.54 Å². The monoisotopic (exact) mass is 361 g/mol. The van der Waals surface area contributed by atoms with Crippen molar-refractivity contribution in [3.05, 3.63) is 33.0 Å². The van der Waals surface area contributed by atoms with Crippen LogP contribution in [0.3, 0.4) is 0 Å². The quantitative estimate of drug-likeness (QED) is 0.632. The van der Waals surface area contributed by atoms with Crippen molar-refractivity contribution in [1.82, 2.24) is 0 Å². The maximum absolute atomic E-state index is 14.2. The van der Waals surface area contributed by atoms with E-state index in [2.05, 4.69) is 22.9 Å². The highest BCUT2D eigenvalue weighted by Gasteiger charge is 2.41. The SMILES string of the molecule is CC1CCC(CN)(C(=O)c2ccc(Br)c(Cl)c2F)CC1. The number of carbonyl (C=O) groups is 1. The summed E-state index contributed by atoms with van der Waals surface area (Å²) < 4.78 is 14.7. The Morgan fingerprint density at radius 1 is 1.50 bits per heavy atom. The zero-order chi connectivity index (χ0) is 14.9. The number of halogens is 3. The number of hydrogen-bond donors (Lipinski definition) is 1. The lowest BCUT2D eigenvalue weighted by Crippen LogP contribution is -2.42. The molecule has 1 aliphatic carbocycles. The molecule has 1 saturated carbocycles. The highest BCUT2D eigenvalue weighted by atomic mass is 79.9. The first kappa shape index (κ1) is 15.9. The highest BCUT2D eigenvalue weighted by Crippen LogP contribution is 2.41. The fraction of sp³-hybridized carbons (Fsp3) is 0.533. The number of hydrogen-bond acceptors (Lipinski definition) is 2. The van der Waals surface area contributed by atoms with Gasteiger partial charge in [-0.15, -0.1) is 0 Å². The van der Waals surface area contributed by atoms with Crippen molar-refractivity contribution in [2.45, 2.75) is 32.6 Å². The van der Waals surface area contributed by atoms with Gasteiger partial charge in [0.25, 0.3) is 0 Å². The van der Waals surface area contributed by atoms with Gasteiger partial charge in [-0.3, -0.25) is 4.79 Å². The Hall–Kier alpha value is -0.450. The Bertz CT molecular complexity index is 527. The van der Waals surface area contributed by atoms with E-state index >= 15 is 0 Å². The standard InChI is InChI=1S/C15H18BrClFNO/c1-9-4-6-15(8-19,7-5-9)14(20)10-2-3-11(16)12(17)13(10)18/h2-3,9H,4-8,19H2,1H3. The molecule has 2 rings (SSSR count). The smallest absolute Gasteiger partial charge is 0.173 e. The zero-order valence-electron chi connectivity index (χ0n) is 11.4. The molecule has 2 nitrogen and oxygen atoms in total. The molecule has 0 amide bonds. The van der Waals surface area contributed by atoms with E-state index < -0.39 is 11.2 Å². The van der Waals surface area contributed by atoms with Crippen molar-refractivity contribution in [3.63, 3.8) is 0 Å². The van der Waals surface area contributed by atoms with Crippen LogP contribution >= 0.6 is 27.5 Å². The Morgan fingerprint density at radius 2 is 2.10 bits per heavy atom. The average molecular weight is 363 g/mol. The topological polar surface area (TPSA) is 43.1 Å². The van der Waals surface area contributed by atoms with Gasteiger partial charge in [0.2, 0.25) is 0 Å². The fourth-order valence-electron chi connectivity index (χ4n) is 2.83. The van der Waals surface area contributed by atoms with E-state index in [9.17, 15) is 9.18 Å². The van der Waals surface area contributed by atoms with Gasteiger partial charge in [-0.2, -0.15) is 0 Å². The summed E-state index contributed by atoms with van der Waals surface area (Å²) in [6, 6.07) is 3.09. The molecule has 0 radical (unpaired) electrons. The number of ketones is 1. The Morgan fingerprint density at radius 3 is 2.65 bits per heavy atom. The highest BCUT2D eigenvalue weighted by molar-refractivity contribution is 9.10. The van der Waals surface area contributed by atoms with E-state index in [1.54, 1.807) is 6.07 Å². The van der Waals surface area contributed by atoms with Crippen molar-refractivity contribution < 1.29 is 9.18 Å². The van der Waals surface area contributed by atoms with E-state index in [0.717, 1.165) is 25.7 Å². The van der Waals surface area contributed by atoms with Crippen molar-refractivity contribution >= 4 is 33.3 Å². The minimum absolute atomic E-state index is 0.0489. The lowest BCUT2D eigenvalue weighted by Gasteiger charge is -2.37.